The van der Waals surface area contributed by atoms with Gasteiger partial charge >= 0.3 is 0 Å². The van der Waals surface area contributed by atoms with Crippen LogP contribution in [0, 0.1) is 11.2 Å². The molecule has 1 aliphatic carbocycles. The topological polar surface area (TPSA) is 67.8 Å². The molecule has 0 heterocycles. The van der Waals surface area contributed by atoms with Gasteiger partial charge in [0.15, 0.2) is 5.84 Å². The molecule has 0 saturated heterocycles. The molecule has 5 heteroatoms. The Morgan fingerprint density at radius 1 is 1.40 bits per heavy atom. The molecule has 1 aromatic rings. The first kappa shape index (κ1) is 14.6. The summed E-state index contributed by atoms with van der Waals surface area (Å²) in [6.45, 7) is 4.49. The number of ether oxygens (including phenoxy) is 1. The van der Waals surface area contributed by atoms with Crippen LogP contribution in [0.2, 0.25) is 0 Å². The van der Waals surface area contributed by atoms with Gasteiger partial charge in [-0.3, -0.25) is 0 Å². The zero-order valence-corrected chi connectivity index (χ0v) is 11.9. The molecule has 0 aromatic heterocycles. The first-order valence-electron chi connectivity index (χ1n) is 6.86. The van der Waals surface area contributed by atoms with Crippen LogP contribution in [0.25, 0.3) is 0 Å². The number of benzene rings is 1. The van der Waals surface area contributed by atoms with Crippen molar-refractivity contribution in [3.8, 4) is 5.75 Å². The third kappa shape index (κ3) is 3.21. The number of hydrogen-bond acceptors (Lipinski definition) is 3. The van der Waals surface area contributed by atoms with E-state index < -0.39 is 5.82 Å². The van der Waals surface area contributed by atoms with Crippen molar-refractivity contribution >= 4 is 5.84 Å². The molecule has 4 nitrogen and oxygen atoms in total. The number of halogens is 1. The van der Waals surface area contributed by atoms with Gasteiger partial charge < -0.3 is 15.7 Å². The lowest BCUT2D eigenvalue weighted by molar-refractivity contribution is 0.0983. The molecule has 1 fully saturated rings. The van der Waals surface area contributed by atoms with Gasteiger partial charge in [0, 0.05) is 0 Å². The van der Waals surface area contributed by atoms with Gasteiger partial charge in [0.25, 0.3) is 0 Å². The third-order valence-electron chi connectivity index (χ3n) is 3.92. The van der Waals surface area contributed by atoms with E-state index in [1.54, 1.807) is 12.1 Å². The largest absolute Gasteiger partial charge is 0.490 e. The summed E-state index contributed by atoms with van der Waals surface area (Å²) in [5.74, 6) is -0.479. The van der Waals surface area contributed by atoms with Crippen molar-refractivity contribution in [1.29, 1.82) is 0 Å². The van der Waals surface area contributed by atoms with Crippen LogP contribution in [0.4, 0.5) is 4.39 Å². The standard InChI is InChI=1S/C15H21FN2O2/c1-15(2)8-6-10(7-9-15)20-12-5-3-4-11(16)13(12)14(17)18-19/h3-5,10,19H,6-9H2,1-2H3,(H2,17,18). The van der Waals surface area contributed by atoms with Crippen LogP contribution in [-0.4, -0.2) is 17.1 Å². The van der Waals surface area contributed by atoms with Gasteiger partial charge in [-0.1, -0.05) is 25.1 Å². The minimum absolute atomic E-state index is 0.0276. The van der Waals surface area contributed by atoms with Crippen LogP contribution in [0.1, 0.15) is 45.1 Å². The quantitative estimate of drug-likeness (QED) is 0.386. The Hall–Kier alpha value is -1.78. The highest BCUT2D eigenvalue weighted by Crippen LogP contribution is 2.37. The monoisotopic (exact) mass is 280 g/mol. The predicted octanol–water partition coefficient (Wildman–Crippen LogP) is 3.27. The summed E-state index contributed by atoms with van der Waals surface area (Å²) in [5, 5.41) is 11.6. The molecule has 0 radical (unpaired) electrons. The van der Waals surface area contributed by atoms with Gasteiger partial charge in [-0.25, -0.2) is 4.39 Å². The molecule has 1 aromatic carbocycles. The van der Waals surface area contributed by atoms with E-state index in [2.05, 4.69) is 19.0 Å². The van der Waals surface area contributed by atoms with Gasteiger partial charge in [-0.15, -0.1) is 0 Å². The molecular formula is C15H21FN2O2. The van der Waals surface area contributed by atoms with Crippen LogP contribution < -0.4 is 10.5 Å². The lowest BCUT2D eigenvalue weighted by Gasteiger charge is -2.34. The van der Waals surface area contributed by atoms with Crippen molar-refractivity contribution in [2.24, 2.45) is 16.3 Å². The Morgan fingerprint density at radius 3 is 2.65 bits per heavy atom. The van der Waals surface area contributed by atoms with Crippen molar-refractivity contribution in [1.82, 2.24) is 0 Å². The Balaban J connectivity index is 2.16. The first-order chi connectivity index (χ1) is 9.43. The molecule has 1 saturated carbocycles. The highest BCUT2D eigenvalue weighted by molar-refractivity contribution is 5.99. The van der Waals surface area contributed by atoms with Crippen molar-refractivity contribution in [3.63, 3.8) is 0 Å². The minimum atomic E-state index is -0.547. The summed E-state index contributed by atoms with van der Waals surface area (Å²) in [4.78, 5) is 0. The molecule has 0 aliphatic heterocycles. The molecular weight excluding hydrogens is 259 g/mol. The summed E-state index contributed by atoms with van der Waals surface area (Å²) in [5.41, 5.74) is 5.90. The summed E-state index contributed by atoms with van der Waals surface area (Å²) < 4.78 is 19.7. The van der Waals surface area contributed by atoms with Crippen molar-refractivity contribution in [2.45, 2.75) is 45.6 Å². The first-order valence-corrected chi connectivity index (χ1v) is 6.86. The van der Waals surface area contributed by atoms with Crippen molar-refractivity contribution < 1.29 is 14.3 Å². The van der Waals surface area contributed by atoms with Crippen LogP contribution in [-0.2, 0) is 0 Å². The third-order valence-corrected chi connectivity index (χ3v) is 3.92. The van der Waals surface area contributed by atoms with E-state index in [1.165, 1.54) is 6.07 Å². The van der Waals surface area contributed by atoms with Crippen LogP contribution in [0.15, 0.2) is 23.4 Å². The second-order valence-corrected chi connectivity index (χ2v) is 6.08. The summed E-state index contributed by atoms with van der Waals surface area (Å²) >= 11 is 0. The summed E-state index contributed by atoms with van der Waals surface area (Å²) in [6, 6.07) is 4.48. The van der Waals surface area contributed by atoms with E-state index in [0.29, 0.717) is 11.2 Å². The Morgan fingerprint density at radius 2 is 2.05 bits per heavy atom. The van der Waals surface area contributed by atoms with Crippen LogP contribution in [0.5, 0.6) is 5.75 Å². The molecule has 0 spiro atoms. The average molecular weight is 280 g/mol. The van der Waals surface area contributed by atoms with Gasteiger partial charge in [-0.05, 0) is 43.2 Å². The summed E-state index contributed by atoms with van der Waals surface area (Å²) in [7, 11) is 0. The van der Waals surface area contributed by atoms with E-state index >= 15 is 0 Å². The average Bonchev–Trinajstić information content (AvgIpc) is 2.41. The van der Waals surface area contributed by atoms with E-state index in [-0.39, 0.29) is 17.5 Å². The van der Waals surface area contributed by atoms with Crippen molar-refractivity contribution in [2.75, 3.05) is 0 Å². The zero-order valence-electron chi connectivity index (χ0n) is 11.9. The molecule has 0 bridgehead atoms. The van der Waals surface area contributed by atoms with E-state index in [9.17, 15) is 4.39 Å². The Bertz CT molecular complexity index is 505. The Kier molecular flexibility index (Phi) is 4.16. The van der Waals surface area contributed by atoms with Gasteiger partial charge in [-0.2, -0.15) is 0 Å². The van der Waals surface area contributed by atoms with E-state index in [4.69, 9.17) is 15.7 Å². The normalized spacial score (nSPS) is 19.9. The number of nitrogens with two attached hydrogens (primary N) is 1. The molecule has 110 valence electrons. The van der Waals surface area contributed by atoms with Crippen LogP contribution in [0.3, 0.4) is 0 Å². The number of nitrogens with zero attached hydrogens (tertiary/aromatic N) is 1. The van der Waals surface area contributed by atoms with Crippen LogP contribution >= 0.6 is 0 Å². The molecule has 0 unspecified atom stereocenters. The maximum absolute atomic E-state index is 13.8. The SMILES string of the molecule is CC1(C)CCC(Oc2cccc(F)c2/C(N)=N/O)CC1. The van der Waals surface area contributed by atoms with Gasteiger partial charge in [0.05, 0.1) is 11.7 Å². The minimum Gasteiger partial charge on any atom is -0.490 e. The molecule has 0 amide bonds. The second-order valence-electron chi connectivity index (χ2n) is 6.08. The zero-order chi connectivity index (χ0) is 14.8. The maximum atomic E-state index is 13.8. The molecule has 3 N–H and O–H groups in total. The smallest absolute Gasteiger partial charge is 0.176 e. The fourth-order valence-electron chi connectivity index (χ4n) is 2.57. The van der Waals surface area contributed by atoms with Gasteiger partial charge in [0.1, 0.15) is 11.6 Å². The number of amidine groups is 1. The second kappa shape index (κ2) is 5.69. The summed E-state index contributed by atoms with van der Waals surface area (Å²) in [6.07, 6.45) is 4.06. The number of hydrogen-bond donors (Lipinski definition) is 2. The highest BCUT2D eigenvalue weighted by Gasteiger charge is 2.28. The highest BCUT2D eigenvalue weighted by atomic mass is 19.1. The predicted molar refractivity (Wildman–Crippen MR) is 75.6 cm³/mol. The van der Waals surface area contributed by atoms with E-state index in [0.717, 1.165) is 25.7 Å². The number of rotatable bonds is 3. The van der Waals surface area contributed by atoms with E-state index in [1.807, 2.05) is 0 Å². The Labute approximate surface area is 118 Å². The molecule has 20 heavy (non-hydrogen) atoms. The van der Waals surface area contributed by atoms with Crippen molar-refractivity contribution in [3.05, 3.63) is 29.6 Å². The number of oxime groups is 1. The lowest BCUT2D eigenvalue weighted by Crippen LogP contribution is -2.29. The maximum Gasteiger partial charge on any atom is 0.176 e. The molecule has 2 rings (SSSR count). The van der Waals surface area contributed by atoms with Gasteiger partial charge in [0.2, 0.25) is 0 Å². The fourth-order valence-corrected chi connectivity index (χ4v) is 2.57. The molecule has 0 atom stereocenters. The molecule has 1 aliphatic rings. The fraction of sp³-hybridized carbons (Fsp3) is 0.533. The lowest BCUT2D eigenvalue weighted by atomic mass is 9.76.